The van der Waals surface area contributed by atoms with Gasteiger partial charge in [-0.15, -0.1) is 0 Å². The van der Waals surface area contributed by atoms with Crippen molar-refractivity contribution in [2.45, 2.75) is 24.4 Å². The molecule has 0 aliphatic rings. The van der Waals surface area contributed by atoms with Crippen LogP contribution in [0.5, 0.6) is 5.75 Å². The highest BCUT2D eigenvalue weighted by Gasteiger charge is 2.57. The Morgan fingerprint density at radius 3 is 1.52 bits per heavy atom. The first-order chi connectivity index (χ1) is 9.31. The van der Waals surface area contributed by atoms with E-state index in [1.165, 1.54) is 0 Å². The summed E-state index contributed by atoms with van der Waals surface area (Å²) < 4.78 is 114. The minimum Gasteiger partial charge on any atom is -0.484 e. The predicted molar refractivity (Wildman–Crippen MR) is 52.8 cm³/mol. The van der Waals surface area contributed by atoms with Gasteiger partial charge in [-0.25, -0.2) is 0 Å². The Labute approximate surface area is 112 Å². The van der Waals surface area contributed by atoms with Crippen molar-refractivity contribution in [3.8, 4) is 5.75 Å². The third kappa shape index (κ3) is 5.35. The van der Waals surface area contributed by atoms with Gasteiger partial charge in [-0.1, -0.05) is 12.1 Å². The van der Waals surface area contributed by atoms with Gasteiger partial charge in [0.25, 0.3) is 0 Å². The molecule has 0 aliphatic heterocycles. The van der Waals surface area contributed by atoms with E-state index in [1.807, 2.05) is 0 Å². The SMILES string of the molecule is FC(F)(F)COc1ccc(C(C(F)(F)F)C(F)(F)F)cc1. The van der Waals surface area contributed by atoms with Crippen molar-refractivity contribution in [1.82, 2.24) is 0 Å². The zero-order valence-corrected chi connectivity index (χ0v) is 9.90. The van der Waals surface area contributed by atoms with E-state index in [-0.39, 0.29) is 0 Å². The van der Waals surface area contributed by atoms with Gasteiger partial charge < -0.3 is 4.74 Å². The van der Waals surface area contributed by atoms with Gasteiger partial charge in [0, 0.05) is 0 Å². The van der Waals surface area contributed by atoms with Crippen molar-refractivity contribution in [3.05, 3.63) is 29.8 Å². The summed E-state index contributed by atoms with van der Waals surface area (Å²) in [6.07, 6.45) is -15.8. The second kappa shape index (κ2) is 5.64. The minimum atomic E-state index is -5.56. The fraction of sp³-hybridized carbons (Fsp3) is 0.455. The van der Waals surface area contributed by atoms with E-state index in [0.29, 0.717) is 24.3 Å². The summed E-state index contributed by atoms with van der Waals surface area (Å²) in [5.74, 6) is -4.19. The molecule has 0 radical (unpaired) electrons. The van der Waals surface area contributed by atoms with Crippen LogP contribution in [-0.2, 0) is 0 Å². The fourth-order valence-corrected chi connectivity index (χ4v) is 1.49. The van der Waals surface area contributed by atoms with Gasteiger partial charge in [0.05, 0.1) is 0 Å². The van der Waals surface area contributed by atoms with E-state index < -0.39 is 42.4 Å². The maximum Gasteiger partial charge on any atom is 0.422 e. The van der Waals surface area contributed by atoms with Crippen LogP contribution in [0.4, 0.5) is 39.5 Å². The van der Waals surface area contributed by atoms with E-state index in [2.05, 4.69) is 4.74 Å². The van der Waals surface area contributed by atoms with Crippen molar-refractivity contribution in [2.75, 3.05) is 6.61 Å². The Kier molecular flexibility index (Phi) is 4.69. The molecule has 0 saturated carbocycles. The summed E-state index contributed by atoms with van der Waals surface area (Å²) in [7, 11) is 0. The third-order valence-electron chi connectivity index (χ3n) is 2.27. The van der Waals surface area contributed by atoms with Gasteiger partial charge in [0.15, 0.2) is 12.5 Å². The Balaban J connectivity index is 2.94. The number of benzene rings is 1. The standard InChI is InChI=1S/C11H7F9O/c12-9(13,14)5-21-7-3-1-6(2-4-7)8(10(15,16)17)11(18,19)20/h1-4,8H,5H2. The number of hydrogen-bond donors (Lipinski definition) is 0. The number of alkyl halides is 9. The highest BCUT2D eigenvalue weighted by Crippen LogP contribution is 2.46. The van der Waals surface area contributed by atoms with Crippen LogP contribution in [0.25, 0.3) is 0 Å². The zero-order chi connectivity index (χ0) is 16.5. The normalized spacial score (nSPS) is 13.6. The lowest BCUT2D eigenvalue weighted by molar-refractivity contribution is -0.253. The Morgan fingerprint density at radius 1 is 0.762 bits per heavy atom. The van der Waals surface area contributed by atoms with Crippen LogP contribution >= 0.6 is 0 Å². The molecule has 0 aromatic heterocycles. The van der Waals surface area contributed by atoms with E-state index >= 15 is 0 Å². The number of ether oxygens (including phenoxy) is 1. The number of halogens is 9. The highest BCUT2D eigenvalue weighted by atomic mass is 19.4. The molecule has 0 heterocycles. The number of hydrogen-bond acceptors (Lipinski definition) is 1. The van der Waals surface area contributed by atoms with E-state index in [1.54, 1.807) is 0 Å². The van der Waals surface area contributed by atoms with Gasteiger partial charge in [-0.3, -0.25) is 0 Å². The van der Waals surface area contributed by atoms with Crippen molar-refractivity contribution >= 4 is 0 Å². The molecule has 1 aromatic rings. The van der Waals surface area contributed by atoms with Gasteiger partial charge in [0.1, 0.15) is 5.75 Å². The van der Waals surface area contributed by atoms with Crippen LogP contribution in [0.3, 0.4) is 0 Å². The van der Waals surface area contributed by atoms with E-state index in [9.17, 15) is 39.5 Å². The number of rotatable bonds is 3. The second-order valence-electron chi connectivity index (χ2n) is 3.99. The fourth-order valence-electron chi connectivity index (χ4n) is 1.49. The van der Waals surface area contributed by atoms with Crippen molar-refractivity contribution in [2.24, 2.45) is 0 Å². The highest BCUT2D eigenvalue weighted by molar-refractivity contribution is 5.31. The molecule has 0 amide bonds. The lowest BCUT2D eigenvalue weighted by atomic mass is 9.98. The van der Waals surface area contributed by atoms with E-state index in [4.69, 9.17) is 0 Å². The average molecular weight is 326 g/mol. The summed E-state index contributed by atoms with van der Waals surface area (Å²) in [5.41, 5.74) is -1.13. The quantitative estimate of drug-likeness (QED) is 0.723. The molecule has 0 bridgehead atoms. The van der Waals surface area contributed by atoms with Crippen molar-refractivity contribution in [1.29, 1.82) is 0 Å². The molecule has 1 rings (SSSR count). The van der Waals surface area contributed by atoms with Crippen LogP contribution in [0.2, 0.25) is 0 Å². The van der Waals surface area contributed by atoms with Gasteiger partial charge in [-0.05, 0) is 17.7 Å². The summed E-state index contributed by atoms with van der Waals surface area (Å²) in [6.45, 7) is -1.70. The summed E-state index contributed by atoms with van der Waals surface area (Å²) in [6, 6.07) is 2.09. The average Bonchev–Trinajstić information content (AvgIpc) is 2.23. The molecule has 10 heteroatoms. The van der Waals surface area contributed by atoms with Crippen LogP contribution in [0.1, 0.15) is 11.5 Å². The van der Waals surface area contributed by atoms with Crippen LogP contribution in [0, 0.1) is 0 Å². The first-order valence-electron chi connectivity index (χ1n) is 5.23. The van der Waals surface area contributed by atoms with Gasteiger partial charge in [0.2, 0.25) is 0 Å². The first kappa shape index (κ1) is 17.4. The molecule has 0 spiro atoms. The van der Waals surface area contributed by atoms with Crippen LogP contribution < -0.4 is 4.74 Å². The Morgan fingerprint density at radius 2 is 1.19 bits per heavy atom. The monoisotopic (exact) mass is 326 g/mol. The molecule has 0 unspecified atom stereocenters. The smallest absolute Gasteiger partial charge is 0.422 e. The molecule has 0 aliphatic carbocycles. The third-order valence-corrected chi connectivity index (χ3v) is 2.27. The second-order valence-corrected chi connectivity index (χ2v) is 3.99. The minimum absolute atomic E-state index is 0.428. The van der Waals surface area contributed by atoms with Crippen LogP contribution in [0.15, 0.2) is 24.3 Å². The predicted octanol–water partition coefficient (Wildman–Crippen LogP) is 4.84. The molecule has 0 atom stereocenters. The molecule has 1 nitrogen and oxygen atoms in total. The zero-order valence-electron chi connectivity index (χ0n) is 9.90. The molecular weight excluding hydrogens is 319 g/mol. The lowest BCUT2D eigenvalue weighted by Gasteiger charge is -2.23. The first-order valence-corrected chi connectivity index (χ1v) is 5.23. The molecule has 1 aromatic carbocycles. The van der Waals surface area contributed by atoms with Crippen molar-refractivity contribution < 1.29 is 44.3 Å². The Hall–Kier alpha value is -1.61. The topological polar surface area (TPSA) is 9.23 Å². The van der Waals surface area contributed by atoms with E-state index in [0.717, 1.165) is 0 Å². The van der Waals surface area contributed by atoms with Crippen LogP contribution in [-0.4, -0.2) is 25.1 Å². The maximum absolute atomic E-state index is 12.4. The molecule has 0 saturated heterocycles. The van der Waals surface area contributed by atoms with Gasteiger partial charge in [-0.2, -0.15) is 39.5 Å². The van der Waals surface area contributed by atoms with Crippen molar-refractivity contribution in [3.63, 3.8) is 0 Å². The summed E-state index contributed by atoms with van der Waals surface area (Å²) in [5, 5.41) is 0. The largest absolute Gasteiger partial charge is 0.484 e. The molecule has 120 valence electrons. The summed E-state index contributed by atoms with van der Waals surface area (Å²) in [4.78, 5) is 0. The Bertz CT molecular complexity index is 441. The molecule has 21 heavy (non-hydrogen) atoms. The molecule has 0 fully saturated rings. The summed E-state index contributed by atoms with van der Waals surface area (Å²) >= 11 is 0. The lowest BCUT2D eigenvalue weighted by Crippen LogP contribution is -2.34. The molecule has 0 N–H and O–H groups in total. The molecular formula is C11H7F9O. The van der Waals surface area contributed by atoms with Gasteiger partial charge >= 0.3 is 18.5 Å². The maximum atomic E-state index is 12.4.